The number of rotatable bonds is 27. The van der Waals surface area contributed by atoms with Gasteiger partial charge in [-0.1, -0.05) is 122 Å². The van der Waals surface area contributed by atoms with Crippen LogP contribution in [-0.2, 0) is 4.65 Å². The van der Waals surface area contributed by atoms with Crippen LogP contribution in [0.4, 0.5) is 15.7 Å². The second-order valence-corrected chi connectivity index (χ2v) is 18.5. The molecule has 0 atom stereocenters. The summed E-state index contributed by atoms with van der Waals surface area (Å²) in [4.78, 5) is 9.41. The molecule has 0 saturated heterocycles. The second kappa shape index (κ2) is 30.1. The monoisotopic (exact) mass is 925 g/mol. The number of aliphatic hydroxyl groups excluding tert-OH is 1. The maximum atomic E-state index is 14.1. The van der Waals surface area contributed by atoms with E-state index in [0.717, 1.165) is 75.2 Å². The molecule has 1 saturated carbocycles. The predicted molar refractivity (Wildman–Crippen MR) is 294 cm³/mol. The summed E-state index contributed by atoms with van der Waals surface area (Å²) in [5.41, 5.74) is 10.8. The Kier molecular flexibility index (Phi) is 24.3. The first-order chi connectivity index (χ1) is 32.2. The van der Waals surface area contributed by atoms with Crippen LogP contribution in [0.3, 0.4) is 0 Å². The lowest BCUT2D eigenvalue weighted by molar-refractivity contribution is 0.411. The second-order valence-electron chi connectivity index (χ2n) is 16.3. The molecular weight excluding hydrogens is 851 g/mol. The molecule has 1 fully saturated rings. The van der Waals surface area contributed by atoms with Crippen LogP contribution in [0.15, 0.2) is 150 Å². The van der Waals surface area contributed by atoms with E-state index in [1.807, 2.05) is 44.2 Å². The highest BCUT2D eigenvalue weighted by molar-refractivity contribution is 7.22. The van der Waals surface area contributed by atoms with Crippen LogP contribution in [0, 0.1) is 0 Å². The Morgan fingerprint density at radius 2 is 1.11 bits per heavy atom. The highest BCUT2D eigenvalue weighted by Crippen LogP contribution is 2.36. The Labute approximate surface area is 406 Å². The van der Waals surface area contributed by atoms with Crippen molar-refractivity contribution in [2.45, 2.75) is 113 Å². The van der Waals surface area contributed by atoms with Crippen molar-refractivity contribution in [3.63, 3.8) is 0 Å². The fourth-order valence-corrected chi connectivity index (χ4v) is 8.94. The fourth-order valence-electron chi connectivity index (χ4n) is 7.03. The first-order valence-electron chi connectivity index (χ1n) is 24.4. The fraction of sp³-hybridized carbons (Fsp3) is 0.362. The van der Waals surface area contributed by atoms with Crippen molar-refractivity contribution >= 4 is 65.5 Å². The molecule has 0 unspecified atom stereocenters. The van der Waals surface area contributed by atoms with Crippen molar-refractivity contribution in [2.75, 3.05) is 36.0 Å². The summed E-state index contributed by atoms with van der Waals surface area (Å²) in [5.74, 6) is 0.626. The Hall–Kier alpha value is -5.27. The molecule has 2 heterocycles. The number of nitrogens with zero attached hydrogens (tertiary/aromatic N) is 2. The van der Waals surface area contributed by atoms with Gasteiger partial charge in [-0.05, 0) is 153 Å². The topological polar surface area (TPSA) is 35.9 Å². The van der Waals surface area contributed by atoms with E-state index in [1.165, 1.54) is 75.1 Å². The van der Waals surface area contributed by atoms with Crippen molar-refractivity contribution in [1.29, 1.82) is 0 Å². The van der Waals surface area contributed by atoms with E-state index in [-0.39, 0.29) is 5.76 Å². The molecule has 350 valence electrons. The van der Waals surface area contributed by atoms with Gasteiger partial charge in [-0.3, -0.25) is 4.32 Å². The molecule has 0 radical (unpaired) electrons. The quantitative estimate of drug-likeness (QED) is 0.0280. The Balaban J connectivity index is 0.00000469. The maximum absolute atomic E-state index is 14.1. The molecule has 8 heteroatoms. The Bertz CT molecular complexity index is 2300. The van der Waals surface area contributed by atoms with Crippen LogP contribution in [0.2, 0.25) is 6.82 Å². The minimum atomic E-state index is -1.47. The zero-order valence-electron chi connectivity index (χ0n) is 40.8. The van der Waals surface area contributed by atoms with E-state index in [0.29, 0.717) is 11.3 Å². The number of halogens is 1. The van der Waals surface area contributed by atoms with Gasteiger partial charge < -0.3 is 19.6 Å². The van der Waals surface area contributed by atoms with Gasteiger partial charge in [-0.25, -0.2) is 0 Å². The van der Waals surface area contributed by atoms with E-state index in [9.17, 15) is 9.42 Å². The molecule has 0 spiro atoms. The van der Waals surface area contributed by atoms with Gasteiger partial charge in [0.1, 0.15) is 11.5 Å². The minimum Gasteiger partial charge on any atom is -0.533 e. The van der Waals surface area contributed by atoms with Crippen LogP contribution in [0.25, 0.3) is 34.1 Å². The molecule has 4 aromatic rings. The number of hydrogen-bond acceptors (Lipinski definition) is 6. The summed E-state index contributed by atoms with van der Waals surface area (Å²) in [6.45, 7) is 22.5. The molecule has 0 bridgehead atoms. The average molecular weight is 925 g/mol. The van der Waals surface area contributed by atoms with Crippen molar-refractivity contribution in [3.05, 3.63) is 171 Å². The Morgan fingerprint density at radius 1 is 0.652 bits per heavy atom. The molecule has 2 aromatic heterocycles. The highest BCUT2D eigenvalue weighted by Gasteiger charge is 2.15. The summed E-state index contributed by atoms with van der Waals surface area (Å²) in [6, 6.07) is 25.8. The lowest BCUT2D eigenvalue weighted by Gasteiger charge is -2.24. The first-order valence-corrected chi connectivity index (χ1v) is 26.0. The first kappa shape index (κ1) is 53.4. The molecule has 4 nitrogen and oxygen atoms in total. The summed E-state index contributed by atoms with van der Waals surface area (Å²) in [7, 11) is -1.47. The van der Waals surface area contributed by atoms with E-state index in [4.69, 9.17) is 4.65 Å². The van der Waals surface area contributed by atoms with Crippen molar-refractivity contribution in [3.8, 4) is 9.75 Å². The molecule has 1 aliphatic carbocycles. The van der Waals surface area contributed by atoms with Gasteiger partial charge in [0.05, 0.1) is 0 Å². The van der Waals surface area contributed by atoms with Crippen molar-refractivity contribution in [2.24, 2.45) is 0 Å². The standard InChI is InChI=1S/C56H68BFN2O2S2.C2H6/c1-7-12-38-59(39-13-8-2)49-26-17-45(18-27-49)16-23-48(47-24-25-47)43-51(61)30-33-54-35-37-56(64-54)55-36-34-53(63-55)32-22-44(11-5)42-52(62-57(6)58)31-21-46-19-28-50(29-20-46)60(40-14-9-3)41-15-10-4;1-2/h16-23,26-37,42-43,61H,5,7-10,12-15,24-25,38-41H2,1-4,6H3;1-2H3/b23-16+,31-21+,32-22+,33-30+,51-43-,52-42-;. The molecule has 0 aliphatic heterocycles. The summed E-state index contributed by atoms with van der Waals surface area (Å²) < 4.78 is 19.7. The lowest BCUT2D eigenvalue weighted by Crippen LogP contribution is -2.25. The number of aliphatic hydroxyl groups is 1. The van der Waals surface area contributed by atoms with Crippen LogP contribution in [-0.4, -0.2) is 38.5 Å². The molecule has 2 aromatic carbocycles. The van der Waals surface area contributed by atoms with Crippen LogP contribution in [0.5, 0.6) is 0 Å². The van der Waals surface area contributed by atoms with Crippen LogP contribution >= 0.6 is 22.7 Å². The molecule has 5 rings (SSSR count). The number of anilines is 2. The van der Waals surface area contributed by atoms with Crippen LogP contribution < -0.4 is 9.80 Å². The van der Waals surface area contributed by atoms with Crippen molar-refractivity contribution < 1.29 is 14.1 Å². The average Bonchev–Trinajstić information content (AvgIpc) is 3.88. The van der Waals surface area contributed by atoms with Gasteiger partial charge in [-0.2, -0.15) is 0 Å². The number of benzene rings is 2. The van der Waals surface area contributed by atoms with E-state index in [2.05, 4.69) is 135 Å². The predicted octanol–water partition coefficient (Wildman–Crippen LogP) is 18.0. The largest absolute Gasteiger partial charge is 0.561 e. The van der Waals surface area contributed by atoms with Gasteiger partial charge in [0.2, 0.25) is 0 Å². The third-order valence-corrected chi connectivity index (χ3v) is 13.2. The molecule has 1 aliphatic rings. The molecule has 1 N–H and O–H groups in total. The van der Waals surface area contributed by atoms with Gasteiger partial charge in [0.25, 0.3) is 0 Å². The number of thiophene rings is 2. The van der Waals surface area contributed by atoms with Gasteiger partial charge in [0, 0.05) is 62.6 Å². The summed E-state index contributed by atoms with van der Waals surface area (Å²) >= 11 is 3.37. The Morgan fingerprint density at radius 3 is 1.53 bits per heavy atom. The van der Waals surface area contributed by atoms with Crippen molar-refractivity contribution in [1.82, 2.24) is 0 Å². The minimum absolute atomic E-state index is 0.238. The summed E-state index contributed by atoms with van der Waals surface area (Å²) in [5, 5.41) is 10.9. The highest BCUT2D eigenvalue weighted by atomic mass is 32.1. The van der Waals surface area contributed by atoms with Gasteiger partial charge >= 0.3 is 7.19 Å². The molecular formula is C58H74BFN2O2S2. The molecule has 66 heavy (non-hydrogen) atoms. The smallest absolute Gasteiger partial charge is 0.533 e. The third kappa shape index (κ3) is 18.9. The van der Waals surface area contributed by atoms with E-state index >= 15 is 0 Å². The zero-order valence-corrected chi connectivity index (χ0v) is 42.5. The SMILES string of the molecule is C=C=C(/C=C(/C=C/c1ccc(N(CCCC)CCCC)cc1)OB(C)F)/C=C/c1ccc(-c2ccc(/C=C/C(O)=C/C(/C=C/c3ccc(N(CCCC)CCCC)cc3)=C3CC3)s2)s1.CC. The van der Waals surface area contributed by atoms with Gasteiger partial charge in [0.15, 0.2) is 0 Å². The molecule has 0 amide bonds. The number of unbranched alkanes of at least 4 members (excludes halogenated alkanes) is 4. The zero-order chi connectivity index (χ0) is 47.5. The summed E-state index contributed by atoms with van der Waals surface area (Å²) in [6.07, 6.45) is 31.0. The van der Waals surface area contributed by atoms with E-state index in [1.54, 1.807) is 40.9 Å². The maximum Gasteiger partial charge on any atom is 0.561 e. The van der Waals surface area contributed by atoms with Crippen LogP contribution in [0.1, 0.15) is 127 Å². The normalized spacial score (nSPS) is 12.8. The van der Waals surface area contributed by atoms with E-state index < -0.39 is 7.19 Å². The third-order valence-electron chi connectivity index (χ3n) is 10.9. The number of allylic oxidation sites excluding steroid dienone is 9. The number of hydrogen-bond donors (Lipinski definition) is 1. The van der Waals surface area contributed by atoms with Gasteiger partial charge in [-0.15, -0.1) is 28.4 Å². The lowest BCUT2D eigenvalue weighted by atomic mass is 10.0.